The normalized spacial score (nSPS) is 9.67. The molecule has 0 aliphatic carbocycles. The fourth-order valence-corrected chi connectivity index (χ4v) is 0. The molecule has 0 aromatic heterocycles. The smallest absolute Gasteiger partial charge is 0.759 e. The molecule has 0 atom stereocenters. The molecule has 12 heavy (non-hydrogen) atoms. The Morgan fingerprint density at radius 3 is 0.667 bits per heavy atom. The minimum absolute atomic E-state index is 0. The Kier molecular flexibility index (Phi) is 16.5. The van der Waals surface area contributed by atoms with E-state index in [1.807, 2.05) is 0 Å². The predicted octanol–water partition coefficient (Wildman–Crippen LogP) is -3.06. The standard InChI is InChI=1S/Al.2H2O4S.Ti/c;2*1-5(2,3)4;/h;2*(H2,1,2,3,4);/q+3;;;+4/p-4. The first kappa shape index (κ1) is 23.1. The monoisotopic (exact) mass is 267 g/mol. The van der Waals surface area contributed by atoms with Crippen molar-refractivity contribution in [1.29, 1.82) is 0 Å². The van der Waals surface area contributed by atoms with Gasteiger partial charge >= 0.3 is 39.1 Å². The van der Waals surface area contributed by atoms with Crippen LogP contribution in [0.25, 0.3) is 0 Å². The van der Waals surface area contributed by atoms with Crippen molar-refractivity contribution in [2.24, 2.45) is 0 Å². The van der Waals surface area contributed by atoms with Crippen molar-refractivity contribution in [3.8, 4) is 0 Å². The van der Waals surface area contributed by atoms with Gasteiger partial charge in [-0.25, -0.2) is 0 Å². The van der Waals surface area contributed by atoms with Gasteiger partial charge in [0.1, 0.15) is 0 Å². The molecule has 0 aliphatic rings. The second-order valence-electron chi connectivity index (χ2n) is 0.816. The van der Waals surface area contributed by atoms with Gasteiger partial charge in [0.05, 0.1) is 0 Å². The van der Waals surface area contributed by atoms with Crippen molar-refractivity contribution in [3.05, 3.63) is 0 Å². The fourth-order valence-electron chi connectivity index (χ4n) is 0. The first-order chi connectivity index (χ1) is 4.00. The third kappa shape index (κ3) is 1130. The zero-order valence-corrected chi connectivity index (χ0v) is 9.51. The molecule has 0 spiro atoms. The molecule has 0 saturated heterocycles. The quantitative estimate of drug-likeness (QED) is 0.254. The van der Waals surface area contributed by atoms with E-state index in [9.17, 15) is 0 Å². The molecule has 0 aliphatic heterocycles. The van der Waals surface area contributed by atoms with E-state index in [1.165, 1.54) is 0 Å². The first-order valence-corrected chi connectivity index (χ1v) is 4.00. The van der Waals surface area contributed by atoms with Crippen molar-refractivity contribution in [3.63, 3.8) is 0 Å². The molecule has 0 N–H and O–H groups in total. The van der Waals surface area contributed by atoms with Crippen LogP contribution in [-0.2, 0) is 42.5 Å². The fraction of sp³-hybridized carbons (Fsp3) is 0. The third-order valence-corrected chi connectivity index (χ3v) is 0. The van der Waals surface area contributed by atoms with Gasteiger partial charge in [-0.15, -0.1) is 0 Å². The van der Waals surface area contributed by atoms with Crippen molar-refractivity contribution in [1.82, 2.24) is 0 Å². The van der Waals surface area contributed by atoms with E-state index in [2.05, 4.69) is 0 Å². The molecule has 12 heteroatoms. The average Bonchev–Trinajstić information content (AvgIpc) is 1.12. The molecule has 0 heterocycles. The maximum absolute atomic E-state index is 8.52. The van der Waals surface area contributed by atoms with Crippen LogP contribution in [0.4, 0.5) is 0 Å². The van der Waals surface area contributed by atoms with Gasteiger partial charge in [0, 0.05) is 20.8 Å². The molecule has 0 saturated carbocycles. The molecule has 0 radical (unpaired) electrons. The van der Waals surface area contributed by atoms with Crippen LogP contribution in [0.15, 0.2) is 0 Å². The zero-order chi connectivity index (χ0) is 9.00. The Hall–Kier alpha value is 0.987. The molecule has 0 rings (SSSR count). The third-order valence-electron chi connectivity index (χ3n) is 0. The first-order valence-electron chi connectivity index (χ1n) is 1.33. The van der Waals surface area contributed by atoms with Gasteiger partial charge in [0.15, 0.2) is 0 Å². The van der Waals surface area contributed by atoms with Crippen molar-refractivity contribution < 1.29 is 56.8 Å². The van der Waals surface area contributed by atoms with Crippen LogP contribution in [0.5, 0.6) is 0 Å². The molecular weight excluding hydrogens is 267 g/mol. The van der Waals surface area contributed by atoms with Crippen LogP contribution in [0.2, 0.25) is 0 Å². The van der Waals surface area contributed by atoms with Crippen molar-refractivity contribution in [2.75, 3.05) is 0 Å². The Morgan fingerprint density at radius 1 is 0.667 bits per heavy atom. The van der Waals surface area contributed by atoms with Gasteiger partial charge in [-0.05, 0) is 0 Å². The number of hydrogen-bond acceptors (Lipinski definition) is 8. The minimum atomic E-state index is -5.17. The van der Waals surface area contributed by atoms with Gasteiger partial charge < -0.3 is 18.2 Å². The second kappa shape index (κ2) is 8.58. The van der Waals surface area contributed by atoms with Crippen molar-refractivity contribution in [2.45, 2.75) is 0 Å². The van der Waals surface area contributed by atoms with Crippen LogP contribution >= 0.6 is 0 Å². The zero-order valence-electron chi connectivity index (χ0n) is 5.16. The molecule has 0 aromatic rings. The van der Waals surface area contributed by atoms with Crippen LogP contribution in [0.3, 0.4) is 0 Å². The van der Waals surface area contributed by atoms with Gasteiger partial charge in [0.2, 0.25) is 0 Å². The minimum Gasteiger partial charge on any atom is -0.759 e. The Bertz CT molecular complexity index is 213. The van der Waals surface area contributed by atoms with E-state index in [-0.39, 0.29) is 39.1 Å². The van der Waals surface area contributed by atoms with E-state index in [0.29, 0.717) is 0 Å². The second-order valence-corrected chi connectivity index (χ2v) is 2.45. The summed E-state index contributed by atoms with van der Waals surface area (Å²) in [6, 6.07) is 0. The summed E-state index contributed by atoms with van der Waals surface area (Å²) in [5, 5.41) is 0. The van der Waals surface area contributed by atoms with Crippen LogP contribution in [0, 0.1) is 0 Å². The molecule has 0 aromatic carbocycles. The Labute approximate surface area is 94.5 Å². The van der Waals surface area contributed by atoms with E-state index in [1.54, 1.807) is 0 Å². The molecular formula is AlO8S2Ti+3. The number of rotatable bonds is 0. The molecule has 0 amide bonds. The molecule has 0 bridgehead atoms. The van der Waals surface area contributed by atoms with Gasteiger partial charge in [-0.2, -0.15) is 0 Å². The van der Waals surface area contributed by atoms with E-state index in [0.717, 1.165) is 0 Å². The summed E-state index contributed by atoms with van der Waals surface area (Å²) in [4.78, 5) is 0. The summed E-state index contributed by atoms with van der Waals surface area (Å²) in [6.45, 7) is 0. The summed E-state index contributed by atoms with van der Waals surface area (Å²) >= 11 is 0. The van der Waals surface area contributed by atoms with E-state index >= 15 is 0 Å². The summed E-state index contributed by atoms with van der Waals surface area (Å²) in [6.07, 6.45) is 0. The Morgan fingerprint density at radius 2 is 0.667 bits per heavy atom. The van der Waals surface area contributed by atoms with Crippen LogP contribution in [-0.4, -0.2) is 52.4 Å². The van der Waals surface area contributed by atoms with E-state index < -0.39 is 20.8 Å². The SMILES string of the molecule is O=S(=O)([O-])[O-].O=S(=O)([O-])[O-].[Al+3].[Ti+4]. The molecule has 8 nitrogen and oxygen atoms in total. The maximum atomic E-state index is 8.52. The van der Waals surface area contributed by atoms with E-state index in [4.69, 9.17) is 35.0 Å². The molecule has 0 unspecified atom stereocenters. The maximum Gasteiger partial charge on any atom is 4.00 e. The molecule has 64 valence electrons. The van der Waals surface area contributed by atoms with Gasteiger partial charge in [-0.3, -0.25) is 16.8 Å². The predicted molar refractivity (Wildman–Crippen MR) is 26.7 cm³/mol. The van der Waals surface area contributed by atoms with Crippen LogP contribution in [0.1, 0.15) is 0 Å². The number of hydrogen-bond donors (Lipinski definition) is 0. The summed E-state index contributed by atoms with van der Waals surface area (Å²) < 4.78 is 68.2. The topological polar surface area (TPSA) is 161 Å². The summed E-state index contributed by atoms with van der Waals surface area (Å²) in [5.41, 5.74) is 0. The van der Waals surface area contributed by atoms with Gasteiger partial charge in [0.25, 0.3) is 0 Å². The Balaban J connectivity index is -0.0000000457. The average molecular weight is 267 g/mol. The molecule has 0 fully saturated rings. The van der Waals surface area contributed by atoms with Gasteiger partial charge in [-0.1, -0.05) is 0 Å². The summed E-state index contributed by atoms with van der Waals surface area (Å²) in [7, 11) is -10.3. The largest absolute Gasteiger partial charge is 4.00 e. The van der Waals surface area contributed by atoms with Crippen molar-refractivity contribution >= 4 is 38.2 Å². The van der Waals surface area contributed by atoms with Crippen LogP contribution < -0.4 is 0 Å². The summed E-state index contributed by atoms with van der Waals surface area (Å²) in [5.74, 6) is 0.